The van der Waals surface area contributed by atoms with Gasteiger partial charge in [0.15, 0.2) is 0 Å². The number of hydrogen-bond donors (Lipinski definition) is 1. The summed E-state index contributed by atoms with van der Waals surface area (Å²) in [6, 6.07) is 9.43. The lowest BCUT2D eigenvalue weighted by Gasteiger charge is -2.06. The molecule has 0 radical (unpaired) electrons. The molecule has 0 fully saturated rings. The molecule has 0 saturated heterocycles. The number of hydrogen-bond acceptors (Lipinski definition) is 2. The van der Waals surface area contributed by atoms with Gasteiger partial charge in [-0.15, -0.1) is 0 Å². The normalized spacial score (nSPS) is 10.1. The molecule has 0 aliphatic rings. The molecule has 0 bridgehead atoms. The highest BCUT2D eigenvalue weighted by Gasteiger charge is 2.13. The van der Waals surface area contributed by atoms with Gasteiger partial charge in [-0.1, -0.05) is 24.3 Å². The topological polar surface area (TPSA) is 56.0 Å². The second kappa shape index (κ2) is 4.10. The fraction of sp³-hybridized carbons (Fsp3) is 0. The predicted octanol–water partition coefficient (Wildman–Crippen LogP) is 1.99. The third kappa shape index (κ3) is 1.77. The maximum Gasteiger partial charge on any atom is 0.267 e. The van der Waals surface area contributed by atoms with Crippen LogP contribution in [-0.2, 0) is 0 Å². The molecule has 0 aliphatic heterocycles. The first-order chi connectivity index (χ1) is 7.70. The van der Waals surface area contributed by atoms with Crippen LogP contribution in [0.3, 0.4) is 0 Å². The van der Waals surface area contributed by atoms with Gasteiger partial charge in [0.1, 0.15) is 11.5 Å². The van der Waals surface area contributed by atoms with Crippen molar-refractivity contribution in [3.63, 3.8) is 0 Å². The molecule has 80 valence electrons. The van der Waals surface area contributed by atoms with Crippen molar-refractivity contribution in [2.75, 3.05) is 0 Å². The predicted molar refractivity (Wildman–Crippen MR) is 58.1 cm³/mol. The number of pyridine rings is 1. The molecule has 1 aromatic heterocycles. The highest BCUT2D eigenvalue weighted by Crippen LogP contribution is 2.24. The highest BCUT2D eigenvalue weighted by atomic mass is 19.1. The second-order valence-corrected chi connectivity index (χ2v) is 3.24. The quantitative estimate of drug-likeness (QED) is 0.834. The maximum absolute atomic E-state index is 13.5. The minimum Gasteiger partial charge on any atom is -0.364 e. The number of halogens is 1. The van der Waals surface area contributed by atoms with Crippen molar-refractivity contribution >= 4 is 5.91 Å². The molecule has 0 atom stereocenters. The number of amides is 1. The van der Waals surface area contributed by atoms with Gasteiger partial charge < -0.3 is 5.73 Å². The monoisotopic (exact) mass is 216 g/mol. The Morgan fingerprint density at radius 2 is 1.81 bits per heavy atom. The van der Waals surface area contributed by atoms with E-state index in [9.17, 15) is 9.18 Å². The van der Waals surface area contributed by atoms with Gasteiger partial charge in [-0.3, -0.25) is 9.78 Å². The van der Waals surface area contributed by atoms with Crippen LogP contribution < -0.4 is 5.73 Å². The van der Waals surface area contributed by atoms with Crippen molar-refractivity contribution in [3.8, 4) is 11.1 Å². The summed E-state index contributed by atoms with van der Waals surface area (Å²) in [5, 5.41) is 0. The van der Waals surface area contributed by atoms with E-state index < -0.39 is 11.7 Å². The molecule has 3 nitrogen and oxygen atoms in total. The number of aromatic nitrogens is 1. The Bertz CT molecular complexity index is 540. The zero-order chi connectivity index (χ0) is 11.5. The largest absolute Gasteiger partial charge is 0.364 e. The van der Waals surface area contributed by atoms with Crippen LogP contribution in [-0.4, -0.2) is 10.9 Å². The maximum atomic E-state index is 13.5. The van der Waals surface area contributed by atoms with Crippen molar-refractivity contribution < 1.29 is 9.18 Å². The molecule has 16 heavy (non-hydrogen) atoms. The molecule has 2 rings (SSSR count). The van der Waals surface area contributed by atoms with Gasteiger partial charge in [0.25, 0.3) is 5.91 Å². The Morgan fingerprint density at radius 3 is 2.50 bits per heavy atom. The molecule has 1 heterocycles. The average molecular weight is 216 g/mol. The van der Waals surface area contributed by atoms with Crippen LogP contribution in [0.1, 0.15) is 10.5 Å². The van der Waals surface area contributed by atoms with Gasteiger partial charge in [-0.05, 0) is 12.1 Å². The molecule has 0 aliphatic carbocycles. The van der Waals surface area contributed by atoms with E-state index in [1.165, 1.54) is 12.3 Å². The van der Waals surface area contributed by atoms with E-state index in [1.54, 1.807) is 30.3 Å². The Kier molecular flexibility index (Phi) is 2.64. The molecular weight excluding hydrogens is 207 g/mol. The highest BCUT2D eigenvalue weighted by molar-refractivity contribution is 5.97. The molecule has 0 saturated carbocycles. The zero-order valence-corrected chi connectivity index (χ0v) is 8.35. The first-order valence-electron chi connectivity index (χ1n) is 4.70. The molecule has 1 amide bonds. The Hall–Kier alpha value is -2.23. The molecule has 2 aromatic rings. The van der Waals surface area contributed by atoms with Crippen LogP contribution in [0, 0.1) is 5.82 Å². The van der Waals surface area contributed by atoms with Gasteiger partial charge in [-0.25, -0.2) is 4.39 Å². The Balaban J connectivity index is 2.65. The van der Waals surface area contributed by atoms with Crippen molar-refractivity contribution in [2.45, 2.75) is 0 Å². The number of primary amides is 1. The lowest BCUT2D eigenvalue weighted by molar-refractivity contribution is 0.0996. The summed E-state index contributed by atoms with van der Waals surface area (Å²) in [7, 11) is 0. The van der Waals surface area contributed by atoms with Gasteiger partial charge in [0.05, 0.1) is 0 Å². The summed E-state index contributed by atoms with van der Waals surface area (Å²) in [6.45, 7) is 0. The van der Waals surface area contributed by atoms with Crippen molar-refractivity contribution in [1.82, 2.24) is 4.98 Å². The van der Waals surface area contributed by atoms with Gasteiger partial charge in [0.2, 0.25) is 0 Å². The average Bonchev–Trinajstić information content (AvgIpc) is 2.29. The van der Waals surface area contributed by atoms with E-state index >= 15 is 0 Å². The third-order valence-corrected chi connectivity index (χ3v) is 2.21. The van der Waals surface area contributed by atoms with Crippen LogP contribution in [0.2, 0.25) is 0 Å². The van der Waals surface area contributed by atoms with Crippen molar-refractivity contribution in [1.29, 1.82) is 0 Å². The zero-order valence-electron chi connectivity index (χ0n) is 8.35. The van der Waals surface area contributed by atoms with E-state index in [4.69, 9.17) is 5.73 Å². The minimum absolute atomic E-state index is 0.0765. The fourth-order valence-corrected chi connectivity index (χ4v) is 1.50. The first-order valence-corrected chi connectivity index (χ1v) is 4.70. The van der Waals surface area contributed by atoms with E-state index in [2.05, 4.69) is 4.98 Å². The number of carbonyl (C=O) groups excluding carboxylic acids is 1. The van der Waals surface area contributed by atoms with E-state index in [0.717, 1.165) is 0 Å². The summed E-state index contributed by atoms with van der Waals surface area (Å²) in [5.74, 6) is -1.07. The van der Waals surface area contributed by atoms with E-state index in [1.807, 2.05) is 0 Å². The lowest BCUT2D eigenvalue weighted by Crippen LogP contribution is -2.14. The lowest BCUT2D eigenvalue weighted by atomic mass is 10.0. The van der Waals surface area contributed by atoms with Crippen molar-refractivity contribution in [3.05, 3.63) is 54.1 Å². The molecule has 1 aromatic carbocycles. The summed E-state index contributed by atoms with van der Waals surface area (Å²) >= 11 is 0. The number of benzene rings is 1. The number of carbonyl (C=O) groups is 1. The standard InChI is InChI=1S/C12H9FN2O/c13-10-6-2-1-4-8(10)9-5-3-7-15-11(9)12(14)16/h1-7H,(H2,14,16). The number of nitrogens with zero attached hydrogens (tertiary/aromatic N) is 1. The van der Waals surface area contributed by atoms with Crippen LogP contribution in [0.4, 0.5) is 4.39 Å². The van der Waals surface area contributed by atoms with Gasteiger partial charge in [-0.2, -0.15) is 0 Å². The van der Waals surface area contributed by atoms with Crippen LogP contribution in [0.5, 0.6) is 0 Å². The summed E-state index contributed by atoms with van der Waals surface area (Å²) in [5.41, 5.74) is 5.99. The minimum atomic E-state index is -0.668. The Morgan fingerprint density at radius 1 is 1.12 bits per heavy atom. The number of nitrogens with two attached hydrogens (primary N) is 1. The van der Waals surface area contributed by atoms with Crippen LogP contribution >= 0.6 is 0 Å². The number of rotatable bonds is 2. The summed E-state index contributed by atoms with van der Waals surface area (Å²) in [6.07, 6.45) is 1.45. The SMILES string of the molecule is NC(=O)c1ncccc1-c1ccccc1F. The summed E-state index contributed by atoms with van der Waals surface area (Å²) in [4.78, 5) is 15.0. The van der Waals surface area contributed by atoms with Crippen LogP contribution in [0.25, 0.3) is 11.1 Å². The molecule has 2 N–H and O–H groups in total. The molecular formula is C12H9FN2O. The van der Waals surface area contributed by atoms with Gasteiger partial charge in [0, 0.05) is 17.3 Å². The van der Waals surface area contributed by atoms with Crippen LogP contribution in [0.15, 0.2) is 42.6 Å². The first kappa shape index (κ1) is 10.3. The molecule has 0 spiro atoms. The smallest absolute Gasteiger partial charge is 0.267 e. The fourth-order valence-electron chi connectivity index (χ4n) is 1.50. The Labute approximate surface area is 91.7 Å². The summed E-state index contributed by atoms with van der Waals surface area (Å²) < 4.78 is 13.5. The molecule has 4 heteroatoms. The van der Waals surface area contributed by atoms with E-state index in [0.29, 0.717) is 11.1 Å². The van der Waals surface area contributed by atoms with Gasteiger partial charge >= 0.3 is 0 Å². The van der Waals surface area contributed by atoms with E-state index in [-0.39, 0.29) is 5.69 Å². The third-order valence-electron chi connectivity index (χ3n) is 2.21. The van der Waals surface area contributed by atoms with Crippen molar-refractivity contribution in [2.24, 2.45) is 5.73 Å². The molecule has 0 unspecified atom stereocenters. The second-order valence-electron chi connectivity index (χ2n) is 3.24.